The Morgan fingerprint density at radius 2 is 1.83 bits per heavy atom. The molecule has 3 heterocycles. The number of benzene rings is 2. The van der Waals surface area contributed by atoms with Gasteiger partial charge in [0.1, 0.15) is 22.8 Å². The highest BCUT2D eigenvalue weighted by Crippen LogP contribution is 2.29. The quantitative estimate of drug-likeness (QED) is 0.419. The normalized spacial score (nSPS) is 13.5. The van der Waals surface area contributed by atoms with Crippen LogP contribution in [0, 0.1) is 19.7 Å². The number of carboxylic acid groups (broad SMARTS) is 1. The molecule has 182 valence electrons. The van der Waals surface area contributed by atoms with Crippen LogP contribution in [0.1, 0.15) is 43.8 Å². The Morgan fingerprint density at radius 1 is 1.06 bits per heavy atom. The minimum atomic E-state index is -1.15. The number of hydrogen-bond donors (Lipinski definition) is 2. The summed E-state index contributed by atoms with van der Waals surface area (Å²) in [4.78, 5) is 31.3. The topological polar surface area (TPSA) is 99.8 Å². The third-order valence-electron chi connectivity index (χ3n) is 6.35. The lowest BCUT2D eigenvalue weighted by Crippen LogP contribution is -2.35. The molecular formula is C27H24FN5O3. The summed E-state index contributed by atoms with van der Waals surface area (Å²) in [6.07, 6.45) is 5.22. The zero-order chi connectivity index (χ0) is 25.4. The highest BCUT2D eigenvalue weighted by Gasteiger charge is 2.26. The molecule has 0 aliphatic carbocycles. The Bertz CT molecular complexity index is 1520. The number of carbonyl (C=O) groups excluding carboxylic acids is 1. The SMILES string of the molecule is Cc1ccc(C)c(Nc2c(C(=O)N3CC=C(c4ccc(F)cc4)CC3)cnc3c(C(=O)O)cnn23)c1. The number of anilines is 2. The third-order valence-corrected chi connectivity index (χ3v) is 6.35. The predicted octanol–water partition coefficient (Wildman–Crippen LogP) is 4.86. The molecule has 0 saturated heterocycles. The van der Waals surface area contributed by atoms with E-state index < -0.39 is 5.97 Å². The van der Waals surface area contributed by atoms with Gasteiger partial charge in [-0.05, 0) is 60.7 Å². The average molecular weight is 486 g/mol. The van der Waals surface area contributed by atoms with Crippen LogP contribution < -0.4 is 5.32 Å². The van der Waals surface area contributed by atoms with E-state index in [9.17, 15) is 19.1 Å². The van der Waals surface area contributed by atoms with Crippen molar-refractivity contribution in [2.45, 2.75) is 20.3 Å². The van der Waals surface area contributed by atoms with E-state index in [4.69, 9.17) is 0 Å². The highest BCUT2D eigenvalue weighted by molar-refractivity contribution is 6.01. The molecule has 4 aromatic rings. The Balaban J connectivity index is 1.52. The van der Waals surface area contributed by atoms with Crippen molar-refractivity contribution in [3.8, 4) is 0 Å². The second-order valence-corrected chi connectivity index (χ2v) is 8.80. The summed E-state index contributed by atoms with van der Waals surface area (Å²) in [5.74, 6) is -1.34. The Morgan fingerprint density at radius 3 is 2.53 bits per heavy atom. The van der Waals surface area contributed by atoms with E-state index in [2.05, 4.69) is 15.4 Å². The number of aryl methyl sites for hydroxylation is 2. The Kier molecular flexibility index (Phi) is 5.97. The minimum Gasteiger partial charge on any atom is -0.477 e. The molecule has 0 atom stereocenters. The summed E-state index contributed by atoms with van der Waals surface area (Å²) in [5, 5.41) is 17.1. The third kappa shape index (κ3) is 4.31. The minimum absolute atomic E-state index is 0.0529. The monoisotopic (exact) mass is 485 g/mol. The molecule has 1 aliphatic heterocycles. The lowest BCUT2D eigenvalue weighted by atomic mass is 9.99. The van der Waals surface area contributed by atoms with Gasteiger partial charge in [-0.25, -0.2) is 14.2 Å². The maximum Gasteiger partial charge on any atom is 0.341 e. The highest BCUT2D eigenvalue weighted by atomic mass is 19.1. The van der Waals surface area contributed by atoms with Crippen molar-refractivity contribution in [3.05, 3.63) is 94.6 Å². The van der Waals surface area contributed by atoms with Gasteiger partial charge in [0.15, 0.2) is 5.65 Å². The molecule has 0 radical (unpaired) electrons. The number of rotatable bonds is 5. The van der Waals surface area contributed by atoms with Crippen LogP contribution in [0.5, 0.6) is 0 Å². The molecule has 0 fully saturated rings. The Labute approximate surface area is 206 Å². The summed E-state index contributed by atoms with van der Waals surface area (Å²) in [6.45, 7) is 4.77. The zero-order valence-electron chi connectivity index (χ0n) is 19.8. The number of nitrogens with one attached hydrogen (secondary N) is 1. The summed E-state index contributed by atoms with van der Waals surface area (Å²) in [5.41, 5.74) is 5.12. The molecule has 2 aromatic heterocycles. The van der Waals surface area contributed by atoms with Crippen LogP contribution in [0.3, 0.4) is 0 Å². The summed E-state index contributed by atoms with van der Waals surface area (Å²) in [7, 11) is 0. The van der Waals surface area contributed by atoms with Gasteiger partial charge in [-0.15, -0.1) is 0 Å². The summed E-state index contributed by atoms with van der Waals surface area (Å²) < 4.78 is 14.6. The number of nitrogens with zero attached hydrogens (tertiary/aromatic N) is 4. The number of carbonyl (C=O) groups is 2. The van der Waals surface area contributed by atoms with Gasteiger partial charge in [0.05, 0.1) is 6.20 Å². The summed E-state index contributed by atoms with van der Waals surface area (Å²) in [6, 6.07) is 12.2. The molecule has 0 saturated carbocycles. The smallest absolute Gasteiger partial charge is 0.341 e. The molecule has 8 nitrogen and oxygen atoms in total. The van der Waals surface area contributed by atoms with E-state index in [1.807, 2.05) is 38.1 Å². The van der Waals surface area contributed by atoms with Gasteiger partial charge in [-0.3, -0.25) is 4.79 Å². The standard InChI is InChI=1S/C27H24FN5O3/c1-16-3-4-17(2)23(13-16)31-25-21(14-29-24-22(27(35)36)15-30-33(24)25)26(34)32-11-9-19(10-12-32)18-5-7-20(28)8-6-18/h3-9,13-15,31H,10-12H2,1-2H3,(H,35,36). The van der Waals surface area contributed by atoms with Crippen LogP contribution in [0.15, 0.2) is 60.9 Å². The molecular weight excluding hydrogens is 461 g/mol. The van der Waals surface area contributed by atoms with Gasteiger partial charge in [-0.2, -0.15) is 9.61 Å². The zero-order valence-corrected chi connectivity index (χ0v) is 19.8. The van der Waals surface area contributed by atoms with Crippen molar-refractivity contribution in [2.75, 3.05) is 18.4 Å². The van der Waals surface area contributed by atoms with Gasteiger partial charge in [-0.1, -0.05) is 30.3 Å². The molecule has 0 unspecified atom stereocenters. The molecule has 9 heteroatoms. The van der Waals surface area contributed by atoms with Crippen molar-refractivity contribution < 1.29 is 19.1 Å². The van der Waals surface area contributed by atoms with Crippen LogP contribution in [-0.4, -0.2) is 49.6 Å². The van der Waals surface area contributed by atoms with Crippen molar-refractivity contribution in [1.82, 2.24) is 19.5 Å². The van der Waals surface area contributed by atoms with Gasteiger partial charge in [0, 0.05) is 25.0 Å². The van der Waals surface area contributed by atoms with E-state index >= 15 is 0 Å². The fraction of sp³-hybridized carbons (Fsp3) is 0.185. The van der Waals surface area contributed by atoms with Gasteiger partial charge in [0.2, 0.25) is 0 Å². The van der Waals surface area contributed by atoms with Crippen LogP contribution >= 0.6 is 0 Å². The predicted molar refractivity (Wildman–Crippen MR) is 134 cm³/mol. The van der Waals surface area contributed by atoms with Gasteiger partial charge >= 0.3 is 5.97 Å². The molecule has 5 rings (SSSR count). The lowest BCUT2D eigenvalue weighted by molar-refractivity contribution is 0.0698. The van der Waals surface area contributed by atoms with E-state index in [0.29, 0.717) is 25.3 Å². The first kappa shape index (κ1) is 23.2. The molecule has 0 bridgehead atoms. The lowest BCUT2D eigenvalue weighted by Gasteiger charge is -2.27. The first-order valence-corrected chi connectivity index (χ1v) is 11.5. The van der Waals surface area contributed by atoms with Crippen LogP contribution in [0.2, 0.25) is 0 Å². The molecule has 1 aliphatic rings. The van der Waals surface area contributed by atoms with Crippen molar-refractivity contribution in [2.24, 2.45) is 0 Å². The number of aromatic carboxylic acids is 1. The average Bonchev–Trinajstić information content (AvgIpc) is 3.32. The van der Waals surface area contributed by atoms with Gasteiger partial charge < -0.3 is 15.3 Å². The number of halogens is 1. The number of hydrogen-bond acceptors (Lipinski definition) is 5. The van der Waals surface area contributed by atoms with Crippen molar-refractivity contribution >= 4 is 34.6 Å². The van der Waals surface area contributed by atoms with E-state index in [-0.39, 0.29) is 28.5 Å². The largest absolute Gasteiger partial charge is 0.477 e. The fourth-order valence-corrected chi connectivity index (χ4v) is 4.31. The number of aromatic nitrogens is 3. The second-order valence-electron chi connectivity index (χ2n) is 8.80. The van der Waals surface area contributed by atoms with Crippen molar-refractivity contribution in [1.29, 1.82) is 0 Å². The maximum atomic E-state index is 13.6. The molecule has 1 amide bonds. The van der Waals surface area contributed by atoms with Crippen LogP contribution in [0.4, 0.5) is 15.9 Å². The first-order chi connectivity index (χ1) is 17.3. The molecule has 2 N–H and O–H groups in total. The van der Waals surface area contributed by atoms with E-state index in [1.165, 1.54) is 29.0 Å². The maximum absolute atomic E-state index is 13.6. The van der Waals surface area contributed by atoms with Gasteiger partial charge in [0.25, 0.3) is 5.91 Å². The first-order valence-electron chi connectivity index (χ1n) is 11.5. The number of fused-ring (bicyclic) bond motifs is 1. The number of carboxylic acids is 1. The second kappa shape index (κ2) is 9.26. The van der Waals surface area contributed by atoms with Crippen LogP contribution in [-0.2, 0) is 0 Å². The number of amides is 1. The molecule has 36 heavy (non-hydrogen) atoms. The fourth-order valence-electron chi connectivity index (χ4n) is 4.31. The van der Waals surface area contributed by atoms with Crippen molar-refractivity contribution in [3.63, 3.8) is 0 Å². The Hall–Kier alpha value is -4.53. The molecule has 2 aromatic carbocycles. The molecule has 0 spiro atoms. The van der Waals surface area contributed by atoms with Crippen LogP contribution in [0.25, 0.3) is 11.2 Å². The van der Waals surface area contributed by atoms with E-state index in [1.54, 1.807) is 17.0 Å². The van der Waals surface area contributed by atoms with E-state index in [0.717, 1.165) is 28.0 Å². The summed E-state index contributed by atoms with van der Waals surface area (Å²) >= 11 is 0.